The Morgan fingerprint density at radius 2 is 1.60 bits per heavy atom. The summed E-state index contributed by atoms with van der Waals surface area (Å²) in [6.07, 6.45) is 12.7. The van der Waals surface area contributed by atoms with Crippen molar-refractivity contribution < 1.29 is 18.0 Å². The SMILES string of the molecule is C=C/C(CC)=C(\C=C/C)NC(C)=N/C=C(\C(=C\CCC)NCCCN(CCC)C(=O)CCCCC)C(F)(F)F.CCCC. The molecule has 0 heterocycles. The smallest absolute Gasteiger partial charge is 0.385 e. The van der Waals surface area contributed by atoms with Crippen molar-refractivity contribution in [3.8, 4) is 0 Å². The van der Waals surface area contributed by atoms with Crippen LogP contribution < -0.4 is 10.6 Å². The summed E-state index contributed by atoms with van der Waals surface area (Å²) in [6, 6.07) is 0. The van der Waals surface area contributed by atoms with E-state index in [4.69, 9.17) is 0 Å². The Bertz CT molecular complexity index is 913. The van der Waals surface area contributed by atoms with Gasteiger partial charge in [0.15, 0.2) is 0 Å². The number of aliphatic imine (C=N–C) groups is 1. The maximum atomic E-state index is 14.1. The monoisotopic (exact) mass is 610 g/mol. The van der Waals surface area contributed by atoms with Crippen molar-refractivity contribution in [1.82, 2.24) is 15.5 Å². The Balaban J connectivity index is 0. The first-order valence-corrected chi connectivity index (χ1v) is 16.3. The van der Waals surface area contributed by atoms with Crippen LogP contribution in [0, 0.1) is 0 Å². The summed E-state index contributed by atoms with van der Waals surface area (Å²) in [7, 11) is 0. The predicted molar refractivity (Wildman–Crippen MR) is 180 cm³/mol. The summed E-state index contributed by atoms with van der Waals surface area (Å²) >= 11 is 0. The molecule has 0 aliphatic rings. The van der Waals surface area contributed by atoms with E-state index in [1.165, 1.54) is 12.8 Å². The number of carbonyl (C=O) groups is 1. The first-order valence-electron chi connectivity index (χ1n) is 16.3. The van der Waals surface area contributed by atoms with Crippen molar-refractivity contribution in [2.24, 2.45) is 4.99 Å². The molecular weight excluding hydrogens is 549 g/mol. The molecule has 0 bridgehead atoms. The molecule has 0 atom stereocenters. The highest BCUT2D eigenvalue weighted by Crippen LogP contribution is 2.30. The molecule has 1 amide bonds. The first-order chi connectivity index (χ1) is 20.5. The average molecular weight is 611 g/mol. The van der Waals surface area contributed by atoms with Gasteiger partial charge in [0.2, 0.25) is 5.91 Å². The van der Waals surface area contributed by atoms with E-state index in [0.29, 0.717) is 44.7 Å². The Kier molecular flexibility index (Phi) is 26.4. The number of hydrogen-bond donors (Lipinski definition) is 2. The number of carbonyl (C=O) groups excluding carboxylic acids is 1. The van der Waals surface area contributed by atoms with Gasteiger partial charge in [-0.05, 0) is 57.6 Å². The van der Waals surface area contributed by atoms with Gasteiger partial charge in [-0.1, -0.05) is 98.5 Å². The van der Waals surface area contributed by atoms with Gasteiger partial charge in [0.25, 0.3) is 0 Å². The van der Waals surface area contributed by atoms with E-state index in [2.05, 4.69) is 43.0 Å². The third-order valence-electron chi connectivity index (χ3n) is 6.50. The Morgan fingerprint density at radius 3 is 2.09 bits per heavy atom. The van der Waals surface area contributed by atoms with E-state index in [-0.39, 0.29) is 11.6 Å². The lowest BCUT2D eigenvalue weighted by Gasteiger charge is -2.23. The van der Waals surface area contributed by atoms with E-state index in [1.807, 2.05) is 44.7 Å². The van der Waals surface area contributed by atoms with Crippen LogP contribution in [0.15, 0.2) is 64.6 Å². The molecule has 5 nitrogen and oxygen atoms in total. The molecule has 0 rings (SSSR count). The fourth-order valence-corrected chi connectivity index (χ4v) is 3.90. The molecule has 0 radical (unpaired) electrons. The zero-order chi connectivity index (χ0) is 33.1. The van der Waals surface area contributed by atoms with Gasteiger partial charge >= 0.3 is 6.18 Å². The van der Waals surface area contributed by atoms with E-state index in [1.54, 1.807) is 19.1 Å². The Labute approximate surface area is 261 Å². The molecule has 0 aliphatic carbocycles. The number of allylic oxidation sites excluding steroid dienone is 6. The van der Waals surface area contributed by atoms with Crippen LogP contribution in [0.5, 0.6) is 0 Å². The minimum atomic E-state index is -4.59. The fraction of sp³-hybridized carbons (Fsp3) is 0.657. The van der Waals surface area contributed by atoms with Gasteiger partial charge in [-0.25, -0.2) is 4.99 Å². The van der Waals surface area contributed by atoms with E-state index >= 15 is 0 Å². The number of hydrogen-bond acceptors (Lipinski definition) is 3. The Hall–Kier alpha value is -2.77. The third kappa shape index (κ3) is 20.7. The molecule has 43 heavy (non-hydrogen) atoms. The second kappa shape index (κ2) is 26.8. The normalized spacial score (nSPS) is 13.3. The summed E-state index contributed by atoms with van der Waals surface area (Å²) in [4.78, 5) is 18.5. The fourth-order valence-electron chi connectivity index (χ4n) is 3.90. The van der Waals surface area contributed by atoms with Crippen LogP contribution in [0.3, 0.4) is 0 Å². The van der Waals surface area contributed by atoms with Gasteiger partial charge in [-0.15, -0.1) is 0 Å². The second-order valence-corrected chi connectivity index (χ2v) is 10.4. The number of halogens is 3. The third-order valence-corrected chi connectivity index (χ3v) is 6.50. The molecule has 0 aromatic heterocycles. The van der Waals surface area contributed by atoms with Gasteiger partial charge in [0.1, 0.15) is 5.84 Å². The lowest BCUT2D eigenvalue weighted by molar-refractivity contribution is -0.131. The molecule has 0 aromatic rings. The highest BCUT2D eigenvalue weighted by atomic mass is 19.4. The summed E-state index contributed by atoms with van der Waals surface area (Å²) in [5.41, 5.74) is 0.878. The molecule has 0 unspecified atom stereocenters. The maximum absolute atomic E-state index is 14.1. The molecule has 248 valence electrons. The van der Waals surface area contributed by atoms with Crippen molar-refractivity contribution in [3.63, 3.8) is 0 Å². The highest BCUT2D eigenvalue weighted by Gasteiger charge is 2.36. The van der Waals surface area contributed by atoms with Crippen LogP contribution in [-0.4, -0.2) is 42.5 Å². The van der Waals surface area contributed by atoms with Crippen molar-refractivity contribution in [3.05, 3.63) is 59.6 Å². The van der Waals surface area contributed by atoms with E-state index in [9.17, 15) is 18.0 Å². The summed E-state index contributed by atoms with van der Waals surface area (Å²) in [5, 5.41) is 6.08. The molecule has 0 spiro atoms. The number of nitrogens with zero attached hydrogens (tertiary/aromatic N) is 2. The molecule has 0 fully saturated rings. The van der Waals surface area contributed by atoms with Crippen molar-refractivity contribution in [2.75, 3.05) is 19.6 Å². The molecule has 0 aliphatic heterocycles. The van der Waals surface area contributed by atoms with Crippen LogP contribution in [0.4, 0.5) is 13.2 Å². The number of rotatable bonds is 20. The molecule has 0 saturated carbocycles. The lowest BCUT2D eigenvalue weighted by atomic mass is 10.1. The van der Waals surface area contributed by atoms with Gasteiger partial charge in [0, 0.05) is 43.6 Å². The van der Waals surface area contributed by atoms with Crippen LogP contribution in [0.25, 0.3) is 0 Å². The van der Waals surface area contributed by atoms with Gasteiger partial charge in [0.05, 0.1) is 5.57 Å². The molecular formula is C35H61F3N4O. The highest BCUT2D eigenvalue weighted by molar-refractivity contribution is 5.82. The Morgan fingerprint density at radius 1 is 0.930 bits per heavy atom. The van der Waals surface area contributed by atoms with E-state index < -0.39 is 11.7 Å². The van der Waals surface area contributed by atoms with Crippen molar-refractivity contribution in [2.45, 2.75) is 132 Å². The van der Waals surface area contributed by atoms with Crippen LogP contribution in [0.1, 0.15) is 126 Å². The number of amides is 1. The molecule has 2 N–H and O–H groups in total. The topological polar surface area (TPSA) is 56.7 Å². The lowest BCUT2D eigenvalue weighted by Crippen LogP contribution is -2.34. The zero-order valence-corrected chi connectivity index (χ0v) is 28.4. The van der Waals surface area contributed by atoms with Crippen LogP contribution in [-0.2, 0) is 4.79 Å². The molecule has 8 heteroatoms. The molecule has 0 aromatic carbocycles. The summed E-state index contributed by atoms with van der Waals surface area (Å²) in [6.45, 7) is 21.2. The number of alkyl halides is 3. The van der Waals surface area contributed by atoms with Crippen LogP contribution in [0.2, 0.25) is 0 Å². The number of unbranched alkanes of at least 4 members (excludes halogenated alkanes) is 4. The van der Waals surface area contributed by atoms with Gasteiger partial charge in [-0.2, -0.15) is 13.2 Å². The predicted octanol–water partition coefficient (Wildman–Crippen LogP) is 10.2. The summed E-state index contributed by atoms with van der Waals surface area (Å²) in [5.74, 6) is 0.457. The minimum absolute atomic E-state index is 0.0155. The van der Waals surface area contributed by atoms with E-state index in [0.717, 1.165) is 56.0 Å². The maximum Gasteiger partial charge on any atom is 0.419 e. The van der Waals surface area contributed by atoms with Crippen molar-refractivity contribution in [1.29, 1.82) is 0 Å². The average Bonchev–Trinajstić information content (AvgIpc) is 2.97. The molecule has 0 saturated heterocycles. The standard InChI is InChI=1S/C31H51F3N4O.C4H10/c1-8-14-16-20-30(39)38(22-11-4)23-17-21-35-29(19-15-9-2)27(31(32,33)34)24-36-25(7)37-28(18-10-3)26(12-5)13-6;1-3-4-2/h10,12,18-19,24,35H,5,8-9,11,13-17,20-23H2,1-4,6-7H3,(H,36,37);3-4H2,1-2H3/b18-10-,27-24+,28-26-,29-19-;. The van der Waals surface area contributed by atoms with Gasteiger partial charge < -0.3 is 15.5 Å². The zero-order valence-electron chi connectivity index (χ0n) is 28.4. The number of amidine groups is 1. The van der Waals surface area contributed by atoms with Crippen molar-refractivity contribution >= 4 is 11.7 Å². The minimum Gasteiger partial charge on any atom is -0.385 e. The van der Waals surface area contributed by atoms with Gasteiger partial charge in [-0.3, -0.25) is 4.79 Å². The quantitative estimate of drug-likeness (QED) is 0.0624. The summed E-state index contributed by atoms with van der Waals surface area (Å²) < 4.78 is 42.4. The second-order valence-electron chi connectivity index (χ2n) is 10.4. The first kappa shape index (κ1) is 42.4. The van der Waals surface area contributed by atoms with Crippen LogP contribution >= 0.6 is 0 Å². The largest absolute Gasteiger partial charge is 0.419 e. The number of nitrogens with one attached hydrogen (secondary N) is 2.